The number of nitrogens with zero attached hydrogens (tertiary/aromatic N) is 2. The number of hydrogen-bond donors (Lipinski definition) is 0. The van der Waals surface area contributed by atoms with E-state index in [0.29, 0.717) is 17.5 Å². The third kappa shape index (κ3) is 2.35. The molecule has 25 heavy (non-hydrogen) atoms. The summed E-state index contributed by atoms with van der Waals surface area (Å²) in [7, 11) is 2.37. The average Bonchev–Trinajstić information content (AvgIpc) is 2.81. The highest BCUT2D eigenvalue weighted by Gasteiger charge is 2.69. The van der Waals surface area contributed by atoms with Crippen molar-refractivity contribution in [2.45, 2.75) is 106 Å². The lowest BCUT2D eigenvalue weighted by Gasteiger charge is -2.57. The van der Waals surface area contributed by atoms with E-state index in [9.17, 15) is 0 Å². The van der Waals surface area contributed by atoms with Gasteiger partial charge in [-0.3, -0.25) is 9.80 Å². The first-order chi connectivity index (χ1) is 11.3. The lowest BCUT2D eigenvalue weighted by Crippen LogP contribution is -2.66. The number of hydrogen-bond acceptors (Lipinski definition) is 2. The Morgan fingerprint density at radius 1 is 1.00 bits per heavy atom. The highest BCUT2D eigenvalue weighted by atomic mass is 15.5. The molecule has 2 heteroatoms. The summed E-state index contributed by atoms with van der Waals surface area (Å²) in [6.07, 6.45) is 2.94. The summed E-state index contributed by atoms with van der Waals surface area (Å²) in [6.45, 7) is 28.0. The Morgan fingerprint density at radius 3 is 1.84 bits per heavy atom. The lowest BCUT2D eigenvalue weighted by molar-refractivity contribution is -0.0277. The zero-order valence-electron chi connectivity index (χ0n) is 19.2. The molecule has 0 aromatic carbocycles. The second-order valence-electron chi connectivity index (χ2n) is 10.4. The molecule has 0 bridgehead atoms. The fourth-order valence-electron chi connectivity index (χ4n) is 6.84. The van der Waals surface area contributed by atoms with Gasteiger partial charge in [0.05, 0.1) is 6.17 Å². The molecule has 0 N–H and O–H groups in total. The van der Waals surface area contributed by atoms with Crippen LogP contribution < -0.4 is 0 Å². The first-order valence-electron chi connectivity index (χ1n) is 10.4. The van der Waals surface area contributed by atoms with Gasteiger partial charge in [-0.25, -0.2) is 0 Å². The van der Waals surface area contributed by atoms with Gasteiger partial charge in [0.2, 0.25) is 0 Å². The summed E-state index contributed by atoms with van der Waals surface area (Å²) in [6, 6.07) is 0. The van der Waals surface area contributed by atoms with Crippen LogP contribution in [0.5, 0.6) is 0 Å². The van der Waals surface area contributed by atoms with Gasteiger partial charge in [-0.15, -0.1) is 0 Å². The molecule has 0 spiro atoms. The lowest BCUT2D eigenvalue weighted by atomic mass is 9.57. The number of rotatable bonds is 4. The molecule has 0 amide bonds. The summed E-state index contributed by atoms with van der Waals surface area (Å²) >= 11 is 0. The molecular weight excluding hydrogens is 304 g/mol. The summed E-state index contributed by atoms with van der Waals surface area (Å²) in [5, 5.41) is 0. The molecule has 4 atom stereocenters. The topological polar surface area (TPSA) is 6.48 Å². The monoisotopic (exact) mass is 348 g/mol. The van der Waals surface area contributed by atoms with Crippen LogP contribution in [0, 0.1) is 16.7 Å². The maximum atomic E-state index is 2.85. The molecular formula is C23H44N2. The maximum Gasteiger partial charge on any atom is 0.0654 e. The van der Waals surface area contributed by atoms with Crippen LogP contribution in [-0.4, -0.2) is 40.6 Å². The van der Waals surface area contributed by atoms with E-state index in [0.717, 1.165) is 6.54 Å². The van der Waals surface area contributed by atoms with Gasteiger partial charge < -0.3 is 0 Å². The van der Waals surface area contributed by atoms with Gasteiger partial charge in [0.25, 0.3) is 0 Å². The Morgan fingerprint density at radius 2 is 1.52 bits per heavy atom. The normalized spacial score (nSPS) is 42.8. The summed E-state index contributed by atoms with van der Waals surface area (Å²) in [5.41, 5.74) is 4.02. The molecule has 0 aromatic rings. The Balaban J connectivity index is 2.75. The van der Waals surface area contributed by atoms with Crippen molar-refractivity contribution in [1.82, 2.24) is 9.80 Å². The standard InChI is InChI=1S/C23H44N2/c1-13-22(10)23(11,25(14-2)19(16(3)4)24(22)12)21(9)15-20(7,8)17(5)18(21)6/h16,19H,13-15H2,1-12H3. The second-order valence-corrected chi connectivity index (χ2v) is 10.4. The minimum absolute atomic E-state index is 0.117. The molecule has 4 unspecified atom stereocenters. The minimum atomic E-state index is 0.117. The van der Waals surface area contributed by atoms with Crippen molar-refractivity contribution in [2.75, 3.05) is 13.6 Å². The number of likely N-dealkylation sites (N-methyl/N-ethyl adjacent to an activating group) is 2. The van der Waals surface area contributed by atoms with E-state index < -0.39 is 0 Å². The van der Waals surface area contributed by atoms with E-state index in [2.05, 4.69) is 93.0 Å². The zero-order chi connectivity index (χ0) is 19.6. The Bertz CT molecular complexity index is 560. The summed E-state index contributed by atoms with van der Waals surface area (Å²) < 4.78 is 0. The smallest absolute Gasteiger partial charge is 0.0654 e. The van der Waals surface area contributed by atoms with E-state index in [4.69, 9.17) is 0 Å². The van der Waals surface area contributed by atoms with Gasteiger partial charge >= 0.3 is 0 Å². The number of allylic oxidation sites excluding steroid dienone is 1. The van der Waals surface area contributed by atoms with Gasteiger partial charge in [0.15, 0.2) is 0 Å². The summed E-state index contributed by atoms with van der Waals surface area (Å²) in [5.74, 6) is 0.626. The predicted octanol–water partition coefficient (Wildman–Crippen LogP) is 5.94. The van der Waals surface area contributed by atoms with Crippen molar-refractivity contribution in [3.8, 4) is 0 Å². The Hall–Kier alpha value is -0.340. The van der Waals surface area contributed by atoms with Crippen LogP contribution in [0.3, 0.4) is 0 Å². The van der Waals surface area contributed by atoms with Crippen molar-refractivity contribution in [3.05, 3.63) is 11.1 Å². The molecule has 0 saturated carbocycles. The molecule has 2 rings (SSSR count). The third-order valence-electron chi connectivity index (χ3n) is 9.02. The van der Waals surface area contributed by atoms with Crippen LogP contribution in [-0.2, 0) is 0 Å². The van der Waals surface area contributed by atoms with Gasteiger partial charge in [-0.1, -0.05) is 59.6 Å². The van der Waals surface area contributed by atoms with Crippen molar-refractivity contribution in [2.24, 2.45) is 16.7 Å². The van der Waals surface area contributed by atoms with Crippen LogP contribution in [0.15, 0.2) is 11.1 Å². The quantitative estimate of drug-likeness (QED) is 0.580. The van der Waals surface area contributed by atoms with E-state index in [1.165, 1.54) is 12.8 Å². The largest absolute Gasteiger partial charge is 0.283 e. The van der Waals surface area contributed by atoms with E-state index >= 15 is 0 Å². The van der Waals surface area contributed by atoms with Crippen molar-refractivity contribution >= 4 is 0 Å². The van der Waals surface area contributed by atoms with E-state index in [-0.39, 0.29) is 16.5 Å². The summed E-state index contributed by atoms with van der Waals surface area (Å²) in [4.78, 5) is 5.56. The van der Waals surface area contributed by atoms with Crippen LogP contribution in [0.1, 0.15) is 89.0 Å². The van der Waals surface area contributed by atoms with Gasteiger partial charge in [-0.2, -0.15) is 0 Å². The predicted molar refractivity (Wildman–Crippen MR) is 111 cm³/mol. The van der Waals surface area contributed by atoms with E-state index in [1.54, 1.807) is 11.1 Å². The molecule has 0 aromatic heterocycles. The van der Waals surface area contributed by atoms with Gasteiger partial charge in [-0.05, 0) is 65.5 Å². The molecule has 1 aliphatic carbocycles. The molecule has 2 nitrogen and oxygen atoms in total. The molecule has 0 radical (unpaired) electrons. The zero-order valence-corrected chi connectivity index (χ0v) is 19.2. The highest BCUT2D eigenvalue weighted by molar-refractivity contribution is 5.38. The Kier molecular flexibility index (Phi) is 5.11. The van der Waals surface area contributed by atoms with E-state index in [1.807, 2.05) is 0 Å². The highest BCUT2D eigenvalue weighted by Crippen LogP contribution is 2.65. The molecule has 146 valence electrons. The second kappa shape index (κ2) is 6.09. The minimum Gasteiger partial charge on any atom is -0.283 e. The fraction of sp³-hybridized carbons (Fsp3) is 0.913. The molecule has 1 heterocycles. The molecule has 1 fully saturated rings. The first-order valence-corrected chi connectivity index (χ1v) is 10.4. The fourth-order valence-corrected chi connectivity index (χ4v) is 6.84. The third-order valence-corrected chi connectivity index (χ3v) is 9.02. The first kappa shape index (κ1) is 21.0. The van der Waals surface area contributed by atoms with Crippen LogP contribution >= 0.6 is 0 Å². The van der Waals surface area contributed by atoms with Gasteiger partial charge in [0, 0.05) is 16.5 Å². The van der Waals surface area contributed by atoms with Crippen LogP contribution in [0.2, 0.25) is 0 Å². The average molecular weight is 349 g/mol. The molecule has 1 aliphatic heterocycles. The SMILES string of the molecule is CCN1C(C(C)C)N(C)C(C)(CC)C1(C)C1(C)CC(C)(C)C(C)=C1C. The van der Waals surface area contributed by atoms with Crippen molar-refractivity contribution in [3.63, 3.8) is 0 Å². The maximum absolute atomic E-state index is 2.85. The van der Waals surface area contributed by atoms with Gasteiger partial charge in [0.1, 0.15) is 0 Å². The van der Waals surface area contributed by atoms with Crippen molar-refractivity contribution in [1.29, 1.82) is 0 Å². The molecule has 2 aliphatic rings. The Labute approximate surface area is 158 Å². The molecule has 1 saturated heterocycles. The van der Waals surface area contributed by atoms with Crippen molar-refractivity contribution < 1.29 is 0 Å². The van der Waals surface area contributed by atoms with Crippen LogP contribution in [0.25, 0.3) is 0 Å². The van der Waals surface area contributed by atoms with Crippen LogP contribution in [0.4, 0.5) is 0 Å².